The molecule has 4 amide bonds. The fraction of sp³-hybridized carbons (Fsp3) is 0.286. The van der Waals surface area contributed by atoms with Gasteiger partial charge in [-0.1, -0.05) is 42.5 Å². The monoisotopic (exact) mass is 380 g/mol. The van der Waals surface area contributed by atoms with Crippen LogP contribution in [0.2, 0.25) is 0 Å². The number of likely N-dealkylation sites (N-methyl/N-ethyl adjacent to an activating group) is 1. The van der Waals surface area contributed by atoms with Crippen molar-refractivity contribution in [3.05, 3.63) is 71.3 Å². The van der Waals surface area contributed by atoms with E-state index in [1.165, 1.54) is 0 Å². The van der Waals surface area contributed by atoms with Crippen LogP contribution in [0, 0.1) is 0 Å². The van der Waals surface area contributed by atoms with E-state index in [0.717, 1.165) is 16.0 Å². The highest BCUT2D eigenvalue weighted by Crippen LogP contribution is 2.17. The second-order valence-corrected chi connectivity index (χ2v) is 6.94. The number of urea groups is 1. The molecule has 0 saturated carbocycles. The summed E-state index contributed by atoms with van der Waals surface area (Å²) in [6, 6.07) is 16.6. The van der Waals surface area contributed by atoms with Gasteiger partial charge in [0, 0.05) is 12.1 Å². The molecule has 1 atom stereocenters. The van der Waals surface area contributed by atoms with Gasteiger partial charge in [0.2, 0.25) is 5.91 Å². The average molecular weight is 380 g/mol. The van der Waals surface area contributed by atoms with Gasteiger partial charge < -0.3 is 15.5 Å². The van der Waals surface area contributed by atoms with E-state index in [2.05, 4.69) is 15.5 Å². The van der Waals surface area contributed by atoms with Crippen molar-refractivity contribution >= 4 is 17.8 Å². The molecule has 146 valence electrons. The lowest BCUT2D eigenvalue weighted by molar-refractivity contribution is -0.125. The number of amides is 4. The Kier molecular flexibility index (Phi) is 6.06. The van der Waals surface area contributed by atoms with Crippen LogP contribution < -0.4 is 10.6 Å². The molecule has 2 N–H and O–H groups in total. The van der Waals surface area contributed by atoms with E-state index in [1.807, 2.05) is 44.4 Å². The summed E-state index contributed by atoms with van der Waals surface area (Å²) in [6.45, 7) is 0.719. The maximum absolute atomic E-state index is 12.5. The molecule has 1 aliphatic rings. The quantitative estimate of drug-likeness (QED) is 0.718. The van der Waals surface area contributed by atoms with Crippen LogP contribution in [0.15, 0.2) is 54.6 Å². The number of benzene rings is 2. The third-order valence-corrected chi connectivity index (χ3v) is 4.76. The molecule has 1 saturated heterocycles. The van der Waals surface area contributed by atoms with Gasteiger partial charge in [-0.3, -0.25) is 14.5 Å². The molecule has 7 nitrogen and oxygen atoms in total. The van der Waals surface area contributed by atoms with Crippen LogP contribution in [-0.2, 0) is 11.3 Å². The second kappa shape index (κ2) is 8.67. The molecule has 1 unspecified atom stereocenters. The summed E-state index contributed by atoms with van der Waals surface area (Å²) in [5.74, 6) is -0.410. The Bertz CT molecular complexity index is 834. The summed E-state index contributed by atoms with van der Waals surface area (Å²) in [5.41, 5.74) is 2.46. The van der Waals surface area contributed by atoms with E-state index in [0.29, 0.717) is 12.1 Å². The SMILES string of the molecule is CN(C)C(CNC(=O)c1ccc(CN2C(=O)CNC2=O)cc1)c1ccccc1. The third kappa shape index (κ3) is 4.55. The highest BCUT2D eigenvalue weighted by Gasteiger charge is 2.28. The third-order valence-electron chi connectivity index (χ3n) is 4.76. The number of hydrogen-bond donors (Lipinski definition) is 2. The van der Waals surface area contributed by atoms with Crippen molar-refractivity contribution in [1.29, 1.82) is 0 Å². The molecule has 7 heteroatoms. The minimum Gasteiger partial charge on any atom is -0.350 e. The van der Waals surface area contributed by atoms with Gasteiger partial charge >= 0.3 is 6.03 Å². The lowest BCUT2D eigenvalue weighted by atomic mass is 10.1. The normalized spacial score (nSPS) is 14.9. The Morgan fingerprint density at radius 1 is 1.11 bits per heavy atom. The molecule has 1 fully saturated rings. The van der Waals surface area contributed by atoms with Crippen LogP contribution >= 0.6 is 0 Å². The standard InChI is InChI=1S/C21H24N4O3/c1-24(2)18(16-6-4-3-5-7-16)12-22-20(27)17-10-8-15(9-11-17)14-25-19(26)13-23-21(25)28/h3-11,18H,12-14H2,1-2H3,(H,22,27)(H,23,28). The predicted molar refractivity (Wildman–Crippen MR) is 106 cm³/mol. The van der Waals surface area contributed by atoms with Gasteiger partial charge in [0.15, 0.2) is 0 Å². The molecule has 0 aromatic heterocycles. The Balaban J connectivity index is 1.60. The van der Waals surface area contributed by atoms with Gasteiger partial charge in [-0.15, -0.1) is 0 Å². The summed E-state index contributed by atoms with van der Waals surface area (Å²) in [4.78, 5) is 39.0. The number of carbonyl (C=O) groups excluding carboxylic acids is 3. The molecule has 1 aliphatic heterocycles. The maximum Gasteiger partial charge on any atom is 0.324 e. The van der Waals surface area contributed by atoms with E-state index < -0.39 is 0 Å². The van der Waals surface area contributed by atoms with Crippen molar-refractivity contribution in [3.63, 3.8) is 0 Å². The Morgan fingerprint density at radius 3 is 2.36 bits per heavy atom. The molecular formula is C21H24N4O3. The first kappa shape index (κ1) is 19.6. The number of imide groups is 1. The molecule has 2 aromatic carbocycles. The van der Waals surface area contributed by atoms with Crippen LogP contribution in [0.1, 0.15) is 27.5 Å². The number of nitrogens with one attached hydrogen (secondary N) is 2. The second-order valence-electron chi connectivity index (χ2n) is 6.94. The zero-order chi connectivity index (χ0) is 20.1. The van der Waals surface area contributed by atoms with E-state index >= 15 is 0 Å². The van der Waals surface area contributed by atoms with Crippen molar-refractivity contribution in [2.75, 3.05) is 27.2 Å². The van der Waals surface area contributed by atoms with Crippen LogP contribution in [0.4, 0.5) is 4.79 Å². The molecule has 1 heterocycles. The van der Waals surface area contributed by atoms with E-state index in [9.17, 15) is 14.4 Å². The van der Waals surface area contributed by atoms with Crippen LogP contribution in [-0.4, -0.2) is 54.8 Å². The number of nitrogens with zero attached hydrogens (tertiary/aromatic N) is 2. The van der Waals surface area contributed by atoms with E-state index in [-0.39, 0.29) is 37.0 Å². The fourth-order valence-electron chi connectivity index (χ4n) is 3.12. The maximum atomic E-state index is 12.5. The van der Waals surface area contributed by atoms with E-state index in [1.54, 1.807) is 24.3 Å². The first-order valence-electron chi connectivity index (χ1n) is 9.12. The van der Waals surface area contributed by atoms with Gasteiger partial charge in [-0.25, -0.2) is 4.79 Å². The van der Waals surface area contributed by atoms with Crippen molar-refractivity contribution < 1.29 is 14.4 Å². The topological polar surface area (TPSA) is 81.8 Å². The Morgan fingerprint density at radius 2 is 1.79 bits per heavy atom. The fourth-order valence-corrected chi connectivity index (χ4v) is 3.12. The number of carbonyl (C=O) groups is 3. The van der Waals surface area contributed by atoms with Gasteiger partial charge in [0.1, 0.15) is 0 Å². The minimum absolute atomic E-state index is 0.0355. The summed E-state index contributed by atoms with van der Waals surface area (Å²) < 4.78 is 0. The van der Waals surface area contributed by atoms with Crippen LogP contribution in [0.25, 0.3) is 0 Å². The first-order valence-corrected chi connectivity index (χ1v) is 9.12. The average Bonchev–Trinajstić information content (AvgIpc) is 3.01. The summed E-state index contributed by atoms with van der Waals surface area (Å²) >= 11 is 0. The molecule has 3 rings (SSSR count). The smallest absolute Gasteiger partial charge is 0.324 e. The highest BCUT2D eigenvalue weighted by molar-refractivity contribution is 6.01. The van der Waals surface area contributed by atoms with Gasteiger partial charge in [0.25, 0.3) is 5.91 Å². The van der Waals surface area contributed by atoms with E-state index in [4.69, 9.17) is 0 Å². The van der Waals surface area contributed by atoms with Crippen molar-refractivity contribution in [2.24, 2.45) is 0 Å². The largest absolute Gasteiger partial charge is 0.350 e. The van der Waals surface area contributed by atoms with Crippen molar-refractivity contribution in [1.82, 2.24) is 20.4 Å². The molecule has 0 bridgehead atoms. The summed E-state index contributed by atoms with van der Waals surface area (Å²) in [7, 11) is 3.96. The van der Waals surface area contributed by atoms with Gasteiger partial charge in [-0.2, -0.15) is 0 Å². The molecule has 0 aliphatic carbocycles. The lowest BCUT2D eigenvalue weighted by Gasteiger charge is -2.25. The zero-order valence-corrected chi connectivity index (χ0v) is 16.0. The Labute approximate surface area is 164 Å². The predicted octanol–water partition coefficient (Wildman–Crippen LogP) is 1.77. The molecule has 2 aromatic rings. The summed E-state index contributed by atoms with van der Waals surface area (Å²) in [5, 5.41) is 5.46. The summed E-state index contributed by atoms with van der Waals surface area (Å²) in [6.07, 6.45) is 0. The lowest BCUT2D eigenvalue weighted by Crippen LogP contribution is -2.34. The molecule has 28 heavy (non-hydrogen) atoms. The molecule has 0 radical (unpaired) electrons. The molecular weight excluding hydrogens is 356 g/mol. The number of rotatable bonds is 7. The Hall–Kier alpha value is -3.19. The van der Waals surface area contributed by atoms with Crippen LogP contribution in [0.5, 0.6) is 0 Å². The zero-order valence-electron chi connectivity index (χ0n) is 16.0. The number of hydrogen-bond acceptors (Lipinski definition) is 4. The first-order chi connectivity index (χ1) is 13.5. The van der Waals surface area contributed by atoms with Crippen LogP contribution in [0.3, 0.4) is 0 Å². The highest BCUT2D eigenvalue weighted by atomic mass is 16.2. The minimum atomic E-state index is -0.387. The van der Waals surface area contributed by atoms with Gasteiger partial charge in [0.05, 0.1) is 19.1 Å². The molecule has 0 spiro atoms. The van der Waals surface area contributed by atoms with Crippen molar-refractivity contribution in [2.45, 2.75) is 12.6 Å². The van der Waals surface area contributed by atoms with Gasteiger partial charge in [-0.05, 0) is 37.4 Å². The van der Waals surface area contributed by atoms with Crippen molar-refractivity contribution in [3.8, 4) is 0 Å².